The molecule has 2 rings (SSSR count). The van der Waals surface area contributed by atoms with Crippen LogP contribution in [0.3, 0.4) is 0 Å². The molecule has 0 aliphatic carbocycles. The van der Waals surface area contributed by atoms with Crippen LogP contribution in [0.15, 0.2) is 18.2 Å². The van der Waals surface area contributed by atoms with Gasteiger partial charge in [0.15, 0.2) is 5.82 Å². The Balaban J connectivity index is 1.99. The summed E-state index contributed by atoms with van der Waals surface area (Å²) in [5.41, 5.74) is 7.35. The number of benzene rings is 1. The van der Waals surface area contributed by atoms with E-state index in [4.69, 9.17) is 33.7 Å². The number of nitrogens with zero attached hydrogens (tertiary/aromatic N) is 4. The number of methoxy groups -OCH3 is 1. The molecule has 1 aromatic heterocycles. The van der Waals surface area contributed by atoms with Crippen molar-refractivity contribution in [1.82, 2.24) is 14.7 Å². The summed E-state index contributed by atoms with van der Waals surface area (Å²) >= 11 is 12.1. The first-order valence-electron chi connectivity index (χ1n) is 8.59. The van der Waals surface area contributed by atoms with Gasteiger partial charge in [-0.3, -0.25) is 9.48 Å². The van der Waals surface area contributed by atoms with E-state index in [0.717, 1.165) is 5.69 Å². The van der Waals surface area contributed by atoms with Crippen molar-refractivity contribution in [2.75, 3.05) is 44.4 Å². The molecular weight excluding hydrogens is 389 g/mol. The van der Waals surface area contributed by atoms with Crippen LogP contribution in [-0.2, 0) is 11.3 Å². The van der Waals surface area contributed by atoms with Crippen LogP contribution in [0.25, 0.3) is 0 Å². The van der Waals surface area contributed by atoms with Gasteiger partial charge in [-0.2, -0.15) is 5.10 Å². The number of anilines is 2. The fourth-order valence-corrected chi connectivity index (χ4v) is 3.00. The van der Waals surface area contributed by atoms with Crippen LogP contribution in [0.5, 0.6) is 5.75 Å². The number of rotatable bonds is 8. The molecule has 0 fully saturated rings. The van der Waals surface area contributed by atoms with Crippen LogP contribution in [0.2, 0.25) is 10.0 Å². The minimum absolute atomic E-state index is 0.0400. The van der Waals surface area contributed by atoms with Crippen molar-refractivity contribution >= 4 is 40.6 Å². The molecular formula is C18H25Cl2N5O2. The number of likely N-dealkylation sites (N-methyl/N-ethyl adjacent to an activating group) is 2. The first kappa shape index (κ1) is 21.2. The van der Waals surface area contributed by atoms with Crippen molar-refractivity contribution in [2.45, 2.75) is 20.4 Å². The lowest BCUT2D eigenvalue weighted by atomic mass is 10.2. The molecule has 0 radical (unpaired) electrons. The molecule has 0 aliphatic rings. The normalized spacial score (nSPS) is 10.7. The van der Waals surface area contributed by atoms with Crippen molar-refractivity contribution in [3.8, 4) is 5.75 Å². The summed E-state index contributed by atoms with van der Waals surface area (Å²) in [7, 11) is 3.54. The third-order valence-corrected chi connectivity index (χ3v) is 5.24. The third kappa shape index (κ3) is 4.99. The maximum Gasteiger partial charge on any atom is 0.244 e. The van der Waals surface area contributed by atoms with Gasteiger partial charge in [-0.1, -0.05) is 23.2 Å². The van der Waals surface area contributed by atoms with E-state index in [-0.39, 0.29) is 18.3 Å². The Hall–Kier alpha value is -2.12. The van der Waals surface area contributed by atoms with Gasteiger partial charge in [-0.05, 0) is 26.0 Å². The van der Waals surface area contributed by atoms with Gasteiger partial charge in [0.2, 0.25) is 5.91 Å². The van der Waals surface area contributed by atoms with Crippen molar-refractivity contribution in [1.29, 1.82) is 0 Å². The van der Waals surface area contributed by atoms with Crippen molar-refractivity contribution in [2.24, 2.45) is 0 Å². The Kier molecular flexibility index (Phi) is 7.21. The maximum absolute atomic E-state index is 12.6. The second-order valence-corrected chi connectivity index (χ2v) is 6.94. The van der Waals surface area contributed by atoms with Crippen LogP contribution in [0.4, 0.5) is 11.5 Å². The minimum atomic E-state index is -0.0400. The summed E-state index contributed by atoms with van der Waals surface area (Å²) in [6, 6.07) is 5.59. The van der Waals surface area contributed by atoms with Crippen LogP contribution < -0.4 is 15.4 Å². The summed E-state index contributed by atoms with van der Waals surface area (Å²) in [4.78, 5) is 16.5. The minimum Gasteiger partial charge on any atom is -0.495 e. The first-order chi connectivity index (χ1) is 12.8. The zero-order chi connectivity index (χ0) is 20.1. The molecule has 0 saturated carbocycles. The number of carbonyl (C=O) groups excluding carboxylic acids is 1. The monoisotopic (exact) mass is 413 g/mol. The molecule has 0 atom stereocenters. The summed E-state index contributed by atoms with van der Waals surface area (Å²) in [5, 5.41) is 5.07. The average molecular weight is 414 g/mol. The van der Waals surface area contributed by atoms with Gasteiger partial charge < -0.3 is 20.3 Å². The number of hydrogen-bond acceptors (Lipinski definition) is 5. The third-order valence-electron chi connectivity index (χ3n) is 4.46. The highest BCUT2D eigenvalue weighted by atomic mass is 35.5. The van der Waals surface area contributed by atoms with E-state index >= 15 is 0 Å². The smallest absolute Gasteiger partial charge is 0.244 e. The molecule has 27 heavy (non-hydrogen) atoms. The van der Waals surface area contributed by atoms with Crippen molar-refractivity contribution in [3.05, 3.63) is 33.9 Å². The molecule has 0 aliphatic heterocycles. The Morgan fingerprint density at radius 1 is 1.33 bits per heavy atom. The van der Waals surface area contributed by atoms with E-state index in [1.165, 1.54) is 4.68 Å². The van der Waals surface area contributed by atoms with Gasteiger partial charge in [0.05, 0.1) is 17.8 Å². The summed E-state index contributed by atoms with van der Waals surface area (Å²) < 4.78 is 6.79. The average Bonchev–Trinajstić information content (AvgIpc) is 2.89. The molecule has 9 heteroatoms. The number of carbonyl (C=O) groups is 1. The molecule has 7 nitrogen and oxygen atoms in total. The highest BCUT2D eigenvalue weighted by Crippen LogP contribution is 2.28. The van der Waals surface area contributed by atoms with Gasteiger partial charge in [0, 0.05) is 38.4 Å². The molecule has 2 N–H and O–H groups in total. The van der Waals surface area contributed by atoms with Gasteiger partial charge in [-0.15, -0.1) is 0 Å². The lowest BCUT2D eigenvalue weighted by Gasteiger charge is -2.26. The molecule has 1 amide bonds. The number of ether oxygens (including phenoxy) is 1. The Morgan fingerprint density at radius 2 is 2.04 bits per heavy atom. The SMILES string of the molecule is CCN(CCN(C)c1ccc(Cl)c(OC)c1)C(=O)Cn1nc(N)c(Cl)c1C. The van der Waals surface area contributed by atoms with Crippen LogP contribution in [-0.4, -0.2) is 54.4 Å². The second-order valence-electron chi connectivity index (χ2n) is 6.16. The van der Waals surface area contributed by atoms with Gasteiger partial charge in [0.25, 0.3) is 0 Å². The van der Waals surface area contributed by atoms with Crippen LogP contribution >= 0.6 is 23.2 Å². The number of nitrogens with two attached hydrogens (primary N) is 1. The van der Waals surface area contributed by atoms with E-state index in [1.807, 2.05) is 31.0 Å². The summed E-state index contributed by atoms with van der Waals surface area (Å²) in [6.07, 6.45) is 0. The summed E-state index contributed by atoms with van der Waals surface area (Å²) in [6.45, 7) is 5.67. The second kappa shape index (κ2) is 9.19. The Bertz CT molecular complexity index is 809. The van der Waals surface area contributed by atoms with Gasteiger partial charge >= 0.3 is 0 Å². The zero-order valence-corrected chi connectivity index (χ0v) is 17.5. The lowest BCUT2D eigenvalue weighted by molar-refractivity contribution is -0.131. The topological polar surface area (TPSA) is 76.6 Å². The van der Waals surface area contributed by atoms with Crippen molar-refractivity contribution < 1.29 is 9.53 Å². The predicted octanol–water partition coefficient (Wildman–Crippen LogP) is 3.07. The fourth-order valence-electron chi connectivity index (χ4n) is 2.67. The maximum atomic E-state index is 12.6. The number of halogens is 2. The zero-order valence-electron chi connectivity index (χ0n) is 16.0. The Morgan fingerprint density at radius 3 is 2.59 bits per heavy atom. The van der Waals surface area contributed by atoms with Crippen LogP contribution in [0.1, 0.15) is 12.6 Å². The van der Waals surface area contributed by atoms with E-state index in [9.17, 15) is 4.79 Å². The number of hydrogen-bond donors (Lipinski definition) is 1. The fraction of sp³-hybridized carbons (Fsp3) is 0.444. The molecule has 1 heterocycles. The molecule has 0 spiro atoms. The molecule has 0 bridgehead atoms. The van der Waals surface area contributed by atoms with Crippen LogP contribution in [0, 0.1) is 6.92 Å². The van der Waals surface area contributed by atoms with E-state index < -0.39 is 0 Å². The van der Waals surface area contributed by atoms with Gasteiger partial charge in [-0.25, -0.2) is 0 Å². The molecule has 0 saturated heterocycles. The van der Waals surface area contributed by atoms with E-state index in [0.29, 0.717) is 41.1 Å². The molecule has 1 aromatic carbocycles. The van der Waals surface area contributed by atoms with Crippen molar-refractivity contribution in [3.63, 3.8) is 0 Å². The standard InChI is InChI=1S/C18H25Cl2N5O2/c1-5-24(16(26)11-25-12(2)17(20)18(21)22-25)9-8-23(3)13-6-7-14(19)15(10-13)27-4/h6-7,10H,5,8-9,11H2,1-4H3,(H2,21,22). The number of aromatic nitrogens is 2. The van der Waals surface area contributed by atoms with E-state index in [1.54, 1.807) is 25.0 Å². The number of nitrogen functional groups attached to an aromatic ring is 1. The first-order valence-corrected chi connectivity index (χ1v) is 9.34. The van der Waals surface area contributed by atoms with E-state index in [2.05, 4.69) is 5.10 Å². The highest BCUT2D eigenvalue weighted by molar-refractivity contribution is 6.33. The molecule has 2 aromatic rings. The highest BCUT2D eigenvalue weighted by Gasteiger charge is 2.17. The predicted molar refractivity (Wildman–Crippen MR) is 110 cm³/mol. The quantitative estimate of drug-likeness (QED) is 0.719. The Labute approximate surface area is 169 Å². The van der Waals surface area contributed by atoms with Gasteiger partial charge in [0.1, 0.15) is 17.3 Å². The molecule has 148 valence electrons. The molecule has 0 unspecified atom stereocenters. The largest absolute Gasteiger partial charge is 0.495 e. The summed E-state index contributed by atoms with van der Waals surface area (Å²) in [5.74, 6) is 0.816. The number of amides is 1. The lowest BCUT2D eigenvalue weighted by Crippen LogP contribution is -2.39.